The van der Waals surface area contributed by atoms with E-state index in [9.17, 15) is 9.18 Å². The minimum Gasteiger partial charge on any atom is -0.330 e. The van der Waals surface area contributed by atoms with Gasteiger partial charge in [-0.05, 0) is 37.6 Å². The molecule has 3 N–H and O–H groups in total. The van der Waals surface area contributed by atoms with Gasteiger partial charge in [0, 0.05) is 12.1 Å². The summed E-state index contributed by atoms with van der Waals surface area (Å²) in [5.74, 6) is -0.748. The van der Waals surface area contributed by atoms with Crippen LogP contribution in [0.4, 0.5) is 10.1 Å². The predicted octanol–water partition coefficient (Wildman–Crippen LogP) is 1.76. The highest BCUT2D eigenvalue weighted by Crippen LogP contribution is 2.14. The van der Waals surface area contributed by atoms with Crippen LogP contribution in [0.3, 0.4) is 0 Å². The molecule has 0 aliphatic rings. The van der Waals surface area contributed by atoms with E-state index in [1.165, 1.54) is 12.1 Å². The van der Waals surface area contributed by atoms with E-state index < -0.39 is 5.82 Å². The molecule has 0 unspecified atom stereocenters. The minimum atomic E-state index is -0.589. The highest BCUT2D eigenvalue weighted by atomic mass is 19.1. The van der Waals surface area contributed by atoms with Crippen molar-refractivity contribution in [3.63, 3.8) is 0 Å². The molecule has 0 radical (unpaired) electrons. The molecule has 1 rings (SSSR count). The number of nitrogens with two attached hydrogens (primary N) is 1. The minimum absolute atomic E-state index is 0.0789. The Labute approximate surface area is 99.2 Å². The number of amides is 1. The second kappa shape index (κ2) is 6.61. The maximum atomic E-state index is 13.0. The van der Waals surface area contributed by atoms with Crippen molar-refractivity contribution in [3.8, 4) is 6.07 Å². The summed E-state index contributed by atoms with van der Waals surface area (Å²) in [5.41, 5.74) is 5.66. The smallest absolute Gasteiger partial charge is 0.224 e. The lowest BCUT2D eigenvalue weighted by atomic mass is 10.2. The van der Waals surface area contributed by atoms with Gasteiger partial charge in [-0.25, -0.2) is 4.39 Å². The lowest BCUT2D eigenvalue weighted by molar-refractivity contribution is -0.116. The summed E-state index contributed by atoms with van der Waals surface area (Å²) in [6, 6.07) is 5.62. The fourth-order valence-electron chi connectivity index (χ4n) is 1.34. The average molecular weight is 235 g/mol. The fourth-order valence-corrected chi connectivity index (χ4v) is 1.34. The van der Waals surface area contributed by atoms with Gasteiger partial charge in [0.1, 0.15) is 11.9 Å². The average Bonchev–Trinajstić information content (AvgIpc) is 2.32. The van der Waals surface area contributed by atoms with Crippen molar-refractivity contribution >= 4 is 11.6 Å². The number of rotatable bonds is 5. The van der Waals surface area contributed by atoms with E-state index in [-0.39, 0.29) is 11.5 Å². The van der Waals surface area contributed by atoms with Crippen LogP contribution in [0.25, 0.3) is 0 Å². The largest absolute Gasteiger partial charge is 0.330 e. The first kappa shape index (κ1) is 13.1. The number of benzene rings is 1. The normalized spacial score (nSPS) is 9.71. The van der Waals surface area contributed by atoms with Crippen molar-refractivity contribution in [1.29, 1.82) is 5.26 Å². The van der Waals surface area contributed by atoms with Gasteiger partial charge in [-0.2, -0.15) is 5.26 Å². The van der Waals surface area contributed by atoms with Crippen LogP contribution in [0.5, 0.6) is 0 Å². The zero-order chi connectivity index (χ0) is 12.7. The molecule has 0 aliphatic heterocycles. The van der Waals surface area contributed by atoms with Gasteiger partial charge >= 0.3 is 0 Å². The monoisotopic (exact) mass is 235 g/mol. The number of anilines is 1. The number of nitrogens with zero attached hydrogens (tertiary/aromatic N) is 1. The van der Waals surface area contributed by atoms with Gasteiger partial charge in [-0.3, -0.25) is 4.79 Å². The Bertz CT molecular complexity index is 440. The molecule has 1 amide bonds. The van der Waals surface area contributed by atoms with Crippen LogP contribution in [-0.2, 0) is 4.79 Å². The number of carbonyl (C=O) groups excluding carboxylic acids is 1. The van der Waals surface area contributed by atoms with E-state index in [2.05, 4.69) is 5.32 Å². The first-order valence-corrected chi connectivity index (χ1v) is 5.37. The Hall–Kier alpha value is -1.93. The topological polar surface area (TPSA) is 78.9 Å². The fraction of sp³-hybridized carbons (Fsp3) is 0.333. The van der Waals surface area contributed by atoms with E-state index in [0.717, 1.165) is 12.5 Å². The zero-order valence-electron chi connectivity index (χ0n) is 9.37. The summed E-state index contributed by atoms with van der Waals surface area (Å²) in [7, 11) is 0. The first-order chi connectivity index (χ1) is 8.17. The first-order valence-electron chi connectivity index (χ1n) is 5.37. The number of carbonyl (C=O) groups is 1. The highest BCUT2D eigenvalue weighted by molar-refractivity contribution is 5.90. The number of nitrogens with one attached hydrogen (secondary N) is 1. The van der Waals surface area contributed by atoms with Gasteiger partial charge in [0.2, 0.25) is 5.91 Å². The molecule has 90 valence electrons. The van der Waals surface area contributed by atoms with E-state index in [0.29, 0.717) is 25.1 Å². The molecule has 1 aromatic carbocycles. The van der Waals surface area contributed by atoms with E-state index >= 15 is 0 Å². The van der Waals surface area contributed by atoms with Crippen LogP contribution in [0, 0.1) is 17.1 Å². The highest BCUT2D eigenvalue weighted by Gasteiger charge is 2.05. The third-order valence-electron chi connectivity index (χ3n) is 2.23. The molecule has 0 heterocycles. The molecule has 0 fully saturated rings. The molecule has 0 aromatic heterocycles. The maximum absolute atomic E-state index is 13.0. The van der Waals surface area contributed by atoms with Gasteiger partial charge < -0.3 is 11.1 Å². The molecular formula is C12H14FN3O. The number of hydrogen-bond donors (Lipinski definition) is 2. The number of nitriles is 1. The third-order valence-corrected chi connectivity index (χ3v) is 2.23. The Morgan fingerprint density at radius 1 is 1.47 bits per heavy atom. The van der Waals surface area contributed by atoms with Crippen molar-refractivity contribution in [1.82, 2.24) is 0 Å². The molecule has 0 spiro atoms. The van der Waals surface area contributed by atoms with Gasteiger partial charge in [-0.15, -0.1) is 0 Å². The van der Waals surface area contributed by atoms with Gasteiger partial charge in [-0.1, -0.05) is 0 Å². The van der Waals surface area contributed by atoms with Gasteiger partial charge in [0.05, 0.1) is 5.56 Å². The van der Waals surface area contributed by atoms with Crippen molar-refractivity contribution in [2.45, 2.75) is 19.3 Å². The molecule has 4 nitrogen and oxygen atoms in total. The van der Waals surface area contributed by atoms with E-state index in [1.54, 1.807) is 6.07 Å². The molecule has 5 heteroatoms. The van der Waals surface area contributed by atoms with Crippen LogP contribution in [0.1, 0.15) is 24.8 Å². The standard InChI is InChI=1S/C12H14FN3O/c13-11-5-4-10(7-9(11)8-15)16-12(17)3-1-2-6-14/h4-5,7H,1-3,6,14H2,(H,16,17). The van der Waals surface area contributed by atoms with Crippen LogP contribution in [0.2, 0.25) is 0 Å². The molecule has 0 bridgehead atoms. The van der Waals surface area contributed by atoms with Crippen LogP contribution < -0.4 is 11.1 Å². The summed E-state index contributed by atoms with van der Waals surface area (Å²) >= 11 is 0. The van der Waals surface area contributed by atoms with Crippen molar-refractivity contribution in [2.24, 2.45) is 5.73 Å². The third kappa shape index (κ3) is 4.21. The Balaban J connectivity index is 2.57. The van der Waals surface area contributed by atoms with Gasteiger partial charge in [0.15, 0.2) is 0 Å². The summed E-state index contributed by atoms with van der Waals surface area (Å²) < 4.78 is 13.0. The predicted molar refractivity (Wildman–Crippen MR) is 62.7 cm³/mol. The molecular weight excluding hydrogens is 221 g/mol. The quantitative estimate of drug-likeness (QED) is 0.763. The molecule has 0 atom stereocenters. The lowest BCUT2D eigenvalue weighted by Gasteiger charge is -2.05. The second-order valence-corrected chi connectivity index (χ2v) is 3.60. The van der Waals surface area contributed by atoms with Crippen LogP contribution in [0.15, 0.2) is 18.2 Å². The maximum Gasteiger partial charge on any atom is 0.224 e. The summed E-state index contributed by atoms with van der Waals surface area (Å²) in [5, 5.41) is 11.2. The van der Waals surface area contributed by atoms with Crippen LogP contribution in [-0.4, -0.2) is 12.5 Å². The Morgan fingerprint density at radius 2 is 2.24 bits per heavy atom. The molecule has 17 heavy (non-hydrogen) atoms. The molecule has 1 aromatic rings. The van der Waals surface area contributed by atoms with Crippen molar-refractivity contribution < 1.29 is 9.18 Å². The zero-order valence-corrected chi connectivity index (χ0v) is 9.37. The number of hydrogen-bond acceptors (Lipinski definition) is 3. The van der Waals surface area contributed by atoms with Gasteiger partial charge in [0.25, 0.3) is 0 Å². The Morgan fingerprint density at radius 3 is 2.88 bits per heavy atom. The van der Waals surface area contributed by atoms with E-state index in [1.807, 2.05) is 0 Å². The summed E-state index contributed by atoms with van der Waals surface area (Å²) in [4.78, 5) is 11.4. The van der Waals surface area contributed by atoms with Crippen molar-refractivity contribution in [3.05, 3.63) is 29.6 Å². The number of halogens is 1. The molecule has 0 aliphatic carbocycles. The second-order valence-electron chi connectivity index (χ2n) is 3.60. The van der Waals surface area contributed by atoms with Crippen molar-refractivity contribution in [2.75, 3.05) is 11.9 Å². The van der Waals surface area contributed by atoms with E-state index in [4.69, 9.17) is 11.0 Å². The summed E-state index contributed by atoms with van der Waals surface area (Å²) in [6.07, 6.45) is 1.88. The Kier molecular flexibility index (Phi) is 5.11. The lowest BCUT2D eigenvalue weighted by Crippen LogP contribution is -2.12. The summed E-state index contributed by atoms with van der Waals surface area (Å²) in [6.45, 7) is 0.558. The number of unbranched alkanes of at least 4 members (excludes halogenated alkanes) is 1. The molecule has 0 saturated carbocycles. The van der Waals surface area contributed by atoms with Crippen LogP contribution >= 0.6 is 0 Å². The molecule has 0 saturated heterocycles. The SMILES string of the molecule is N#Cc1cc(NC(=O)CCCCN)ccc1F.